The third kappa shape index (κ3) is 4.57. The van der Waals surface area contributed by atoms with Crippen molar-refractivity contribution in [1.82, 2.24) is 15.1 Å². The first kappa shape index (κ1) is 17.9. The van der Waals surface area contributed by atoms with E-state index in [-0.39, 0.29) is 5.82 Å². The number of thiocarbonyl (C=S) groups is 1. The number of nitrogens with zero attached hydrogens (tertiary/aromatic N) is 2. The lowest BCUT2D eigenvalue weighted by Gasteiger charge is -2.24. The van der Waals surface area contributed by atoms with Crippen molar-refractivity contribution in [2.75, 3.05) is 5.32 Å². The Bertz CT molecular complexity index is 750. The second kappa shape index (κ2) is 7.95. The lowest BCUT2D eigenvalue weighted by Crippen LogP contribution is -2.39. The summed E-state index contributed by atoms with van der Waals surface area (Å²) < 4.78 is 15.3. The molecule has 4 nitrogen and oxygen atoms in total. The van der Waals surface area contributed by atoms with Gasteiger partial charge < -0.3 is 10.6 Å². The molecule has 0 bridgehead atoms. The van der Waals surface area contributed by atoms with Crippen LogP contribution in [0.1, 0.15) is 49.1 Å². The van der Waals surface area contributed by atoms with E-state index in [2.05, 4.69) is 15.7 Å². The van der Waals surface area contributed by atoms with Gasteiger partial charge in [-0.05, 0) is 56.6 Å². The Balaban J connectivity index is 1.67. The monoisotopic (exact) mass is 360 g/mol. The lowest BCUT2D eigenvalue weighted by atomic mass is 9.96. The highest BCUT2D eigenvalue weighted by atomic mass is 32.1. The van der Waals surface area contributed by atoms with Gasteiger partial charge in [-0.3, -0.25) is 4.68 Å². The number of hydrogen-bond donors (Lipinski definition) is 2. The first-order valence-electron chi connectivity index (χ1n) is 8.89. The van der Waals surface area contributed by atoms with E-state index in [1.54, 1.807) is 12.1 Å². The van der Waals surface area contributed by atoms with E-state index in [1.165, 1.54) is 38.2 Å². The summed E-state index contributed by atoms with van der Waals surface area (Å²) in [6.07, 6.45) is 6.22. The Morgan fingerprint density at radius 2 is 2.04 bits per heavy atom. The molecule has 0 saturated heterocycles. The first-order valence-corrected chi connectivity index (χ1v) is 9.29. The van der Waals surface area contributed by atoms with Crippen LogP contribution < -0.4 is 10.6 Å². The quantitative estimate of drug-likeness (QED) is 0.798. The van der Waals surface area contributed by atoms with Gasteiger partial charge >= 0.3 is 0 Å². The molecule has 0 radical (unpaired) electrons. The van der Waals surface area contributed by atoms with Crippen molar-refractivity contribution < 1.29 is 4.39 Å². The van der Waals surface area contributed by atoms with Crippen LogP contribution in [-0.4, -0.2) is 20.9 Å². The number of nitrogens with one attached hydrogen (secondary N) is 2. The number of benzene rings is 1. The van der Waals surface area contributed by atoms with Crippen molar-refractivity contribution in [2.24, 2.45) is 0 Å². The van der Waals surface area contributed by atoms with Gasteiger partial charge in [0, 0.05) is 6.04 Å². The fourth-order valence-electron chi connectivity index (χ4n) is 3.42. The van der Waals surface area contributed by atoms with Crippen LogP contribution in [0, 0.1) is 19.7 Å². The van der Waals surface area contributed by atoms with Gasteiger partial charge in [-0.1, -0.05) is 31.4 Å². The van der Waals surface area contributed by atoms with Crippen molar-refractivity contribution in [3.63, 3.8) is 0 Å². The van der Waals surface area contributed by atoms with Crippen LogP contribution in [0.3, 0.4) is 0 Å². The molecule has 0 unspecified atom stereocenters. The van der Waals surface area contributed by atoms with E-state index in [0.717, 1.165) is 22.6 Å². The Labute approximate surface area is 153 Å². The van der Waals surface area contributed by atoms with Crippen LogP contribution in [0.2, 0.25) is 0 Å². The molecule has 2 aromatic rings. The van der Waals surface area contributed by atoms with Crippen LogP contribution in [0.25, 0.3) is 0 Å². The maximum atomic E-state index is 13.4. The normalized spacial score (nSPS) is 15.2. The molecule has 134 valence electrons. The molecule has 0 amide bonds. The maximum absolute atomic E-state index is 13.4. The van der Waals surface area contributed by atoms with E-state index in [0.29, 0.717) is 17.7 Å². The zero-order chi connectivity index (χ0) is 17.8. The van der Waals surface area contributed by atoms with Crippen molar-refractivity contribution in [3.8, 4) is 0 Å². The van der Waals surface area contributed by atoms with E-state index >= 15 is 0 Å². The third-order valence-electron chi connectivity index (χ3n) is 4.78. The fraction of sp³-hybridized carbons (Fsp3) is 0.474. The number of anilines is 1. The van der Waals surface area contributed by atoms with E-state index in [9.17, 15) is 4.39 Å². The zero-order valence-electron chi connectivity index (χ0n) is 14.8. The Morgan fingerprint density at radius 1 is 1.28 bits per heavy atom. The van der Waals surface area contributed by atoms with Crippen molar-refractivity contribution in [2.45, 2.75) is 58.5 Å². The fourth-order valence-corrected chi connectivity index (χ4v) is 3.69. The van der Waals surface area contributed by atoms with Gasteiger partial charge in [-0.2, -0.15) is 5.10 Å². The molecular weight excluding hydrogens is 335 g/mol. The summed E-state index contributed by atoms with van der Waals surface area (Å²) in [6, 6.07) is 7.09. The van der Waals surface area contributed by atoms with Crippen molar-refractivity contribution in [1.29, 1.82) is 0 Å². The van der Waals surface area contributed by atoms with Crippen LogP contribution in [0.4, 0.5) is 10.1 Å². The van der Waals surface area contributed by atoms with E-state index in [1.807, 2.05) is 24.6 Å². The Morgan fingerprint density at radius 3 is 2.76 bits per heavy atom. The van der Waals surface area contributed by atoms with Gasteiger partial charge in [0.2, 0.25) is 0 Å². The van der Waals surface area contributed by atoms with Crippen LogP contribution >= 0.6 is 12.2 Å². The minimum absolute atomic E-state index is 0.227. The zero-order valence-corrected chi connectivity index (χ0v) is 15.6. The second-order valence-electron chi connectivity index (χ2n) is 6.77. The van der Waals surface area contributed by atoms with Gasteiger partial charge in [-0.15, -0.1) is 0 Å². The Hall–Kier alpha value is -1.95. The number of halogens is 1. The summed E-state index contributed by atoms with van der Waals surface area (Å²) in [6.45, 7) is 4.50. The topological polar surface area (TPSA) is 41.9 Å². The van der Waals surface area contributed by atoms with Crippen molar-refractivity contribution >= 4 is 23.0 Å². The number of aryl methyl sites for hydroxylation is 1. The van der Waals surface area contributed by atoms with Gasteiger partial charge in [-0.25, -0.2) is 4.39 Å². The highest BCUT2D eigenvalue weighted by molar-refractivity contribution is 7.80. The highest BCUT2D eigenvalue weighted by Gasteiger charge is 2.17. The van der Waals surface area contributed by atoms with E-state index < -0.39 is 0 Å². The summed E-state index contributed by atoms with van der Waals surface area (Å²) in [7, 11) is 0. The smallest absolute Gasteiger partial charge is 0.171 e. The molecule has 2 N–H and O–H groups in total. The molecule has 25 heavy (non-hydrogen) atoms. The van der Waals surface area contributed by atoms with Crippen molar-refractivity contribution in [3.05, 3.63) is 47.0 Å². The predicted molar refractivity (Wildman–Crippen MR) is 103 cm³/mol. The maximum Gasteiger partial charge on any atom is 0.171 e. The molecule has 1 aromatic carbocycles. The number of aromatic nitrogens is 2. The molecule has 0 spiro atoms. The molecule has 1 heterocycles. The molecule has 1 aromatic heterocycles. The van der Waals surface area contributed by atoms with Gasteiger partial charge in [0.15, 0.2) is 5.11 Å². The molecule has 6 heteroatoms. The van der Waals surface area contributed by atoms with Crippen LogP contribution in [0.5, 0.6) is 0 Å². The standard InChI is InChI=1S/C19H25FN4S/c1-13-18(22-19(25)21-17-9-4-3-5-10-17)14(2)24(23-13)12-15-7-6-8-16(20)11-15/h6-8,11,17H,3-5,9-10,12H2,1-2H3,(H2,21,22,25). The van der Waals surface area contributed by atoms with Gasteiger partial charge in [0.1, 0.15) is 5.82 Å². The molecule has 1 aliphatic carbocycles. The number of rotatable bonds is 4. The average Bonchev–Trinajstić information content (AvgIpc) is 2.83. The Kier molecular flexibility index (Phi) is 5.68. The highest BCUT2D eigenvalue weighted by Crippen LogP contribution is 2.22. The molecule has 3 rings (SSSR count). The van der Waals surface area contributed by atoms with Gasteiger partial charge in [0.25, 0.3) is 0 Å². The molecule has 1 aliphatic rings. The molecule has 1 saturated carbocycles. The summed E-state index contributed by atoms with van der Waals surface area (Å²) in [5.74, 6) is -0.227. The summed E-state index contributed by atoms with van der Waals surface area (Å²) >= 11 is 5.48. The predicted octanol–water partition coefficient (Wildman–Crippen LogP) is 4.31. The summed E-state index contributed by atoms with van der Waals surface area (Å²) in [4.78, 5) is 0. The molecule has 0 aliphatic heterocycles. The second-order valence-corrected chi connectivity index (χ2v) is 7.18. The van der Waals surface area contributed by atoms with E-state index in [4.69, 9.17) is 12.2 Å². The minimum Gasteiger partial charge on any atom is -0.360 e. The minimum atomic E-state index is -0.227. The van der Waals surface area contributed by atoms with Crippen LogP contribution in [-0.2, 0) is 6.54 Å². The summed E-state index contributed by atoms with van der Waals surface area (Å²) in [5.41, 5.74) is 3.71. The average molecular weight is 361 g/mol. The molecule has 1 fully saturated rings. The third-order valence-corrected chi connectivity index (χ3v) is 5.00. The summed E-state index contributed by atoms with van der Waals surface area (Å²) in [5, 5.41) is 12.0. The first-order chi connectivity index (χ1) is 12.0. The molecular formula is C19H25FN4S. The number of hydrogen-bond acceptors (Lipinski definition) is 2. The lowest BCUT2D eigenvalue weighted by molar-refractivity contribution is 0.415. The SMILES string of the molecule is Cc1nn(Cc2cccc(F)c2)c(C)c1NC(=S)NC1CCCCC1. The largest absolute Gasteiger partial charge is 0.360 e. The van der Waals surface area contributed by atoms with Crippen LogP contribution in [0.15, 0.2) is 24.3 Å². The van der Waals surface area contributed by atoms with Gasteiger partial charge in [0.05, 0.1) is 23.6 Å². The molecule has 0 atom stereocenters.